The Balaban J connectivity index is 1.59. The fraction of sp³-hybridized carbons (Fsp3) is 0.276. The summed E-state index contributed by atoms with van der Waals surface area (Å²) in [5.74, 6) is -0.687. The number of amides is 3. The lowest BCUT2D eigenvalue weighted by Crippen LogP contribution is -2.43. The number of rotatable bonds is 11. The molecule has 0 fully saturated rings. The van der Waals surface area contributed by atoms with Crippen LogP contribution in [0.15, 0.2) is 78.9 Å². The number of nitrogens with one attached hydrogen (secondary N) is 2. The smallest absolute Gasteiger partial charge is 0.416 e. The molecule has 40 heavy (non-hydrogen) atoms. The van der Waals surface area contributed by atoms with Crippen molar-refractivity contribution in [2.24, 2.45) is 0 Å². The fourth-order valence-electron chi connectivity index (χ4n) is 3.70. The molecule has 0 spiro atoms. The standard InChI is InChI=1S/C29H30F3N3O5/c1-21-16-24(18-25(17-21)29(30,31)32)26(36)35(14-12-33-27(37)39-19-22-8-4-2-5-9-22)15-13-34-28(38)40-20-23-10-6-3-7-11-23/h2-11,16-18H,12-15,19-20H2,1H3,(H,33,37)(H,34,38). The second-order valence-electron chi connectivity index (χ2n) is 8.85. The van der Waals surface area contributed by atoms with Crippen molar-refractivity contribution in [1.29, 1.82) is 0 Å². The van der Waals surface area contributed by atoms with Crippen LogP contribution in [-0.2, 0) is 28.9 Å². The average molecular weight is 558 g/mol. The maximum Gasteiger partial charge on any atom is 0.416 e. The Bertz CT molecular complexity index is 1210. The molecule has 0 saturated carbocycles. The monoisotopic (exact) mass is 557 g/mol. The van der Waals surface area contributed by atoms with Crippen LogP contribution in [0.2, 0.25) is 0 Å². The minimum Gasteiger partial charge on any atom is -0.445 e. The summed E-state index contributed by atoms with van der Waals surface area (Å²) >= 11 is 0. The Labute approximate surface area is 230 Å². The number of alkyl halides is 3. The lowest BCUT2D eigenvalue weighted by Gasteiger charge is -2.24. The lowest BCUT2D eigenvalue weighted by atomic mass is 10.0. The predicted octanol–water partition coefficient (Wildman–Crippen LogP) is 5.31. The Hall–Kier alpha value is -4.54. The molecule has 2 N–H and O–H groups in total. The number of carbonyl (C=O) groups excluding carboxylic acids is 3. The molecule has 0 aliphatic heterocycles. The first-order valence-electron chi connectivity index (χ1n) is 12.5. The molecule has 0 saturated heterocycles. The molecule has 3 rings (SSSR count). The van der Waals surface area contributed by atoms with Gasteiger partial charge in [0.15, 0.2) is 0 Å². The van der Waals surface area contributed by atoms with E-state index in [-0.39, 0.29) is 50.5 Å². The number of nitrogens with zero attached hydrogens (tertiary/aromatic N) is 1. The summed E-state index contributed by atoms with van der Waals surface area (Å²) in [5, 5.41) is 5.05. The van der Waals surface area contributed by atoms with E-state index in [9.17, 15) is 27.6 Å². The number of alkyl carbamates (subject to hydrolysis) is 2. The molecule has 3 aromatic carbocycles. The molecular weight excluding hydrogens is 527 g/mol. The zero-order valence-electron chi connectivity index (χ0n) is 21.9. The first kappa shape index (κ1) is 30.0. The van der Waals surface area contributed by atoms with E-state index >= 15 is 0 Å². The maximum atomic E-state index is 13.3. The van der Waals surface area contributed by atoms with E-state index in [1.165, 1.54) is 17.9 Å². The predicted molar refractivity (Wildman–Crippen MR) is 141 cm³/mol. The minimum atomic E-state index is -4.62. The van der Waals surface area contributed by atoms with E-state index in [1.807, 2.05) is 12.1 Å². The first-order chi connectivity index (χ1) is 19.1. The second kappa shape index (κ2) is 14.6. The molecule has 3 amide bonds. The SMILES string of the molecule is Cc1cc(C(=O)N(CCNC(=O)OCc2ccccc2)CCNC(=O)OCc2ccccc2)cc(C(F)(F)F)c1. The highest BCUT2D eigenvalue weighted by molar-refractivity contribution is 5.94. The van der Waals surface area contributed by atoms with Gasteiger partial charge in [-0.2, -0.15) is 13.2 Å². The van der Waals surface area contributed by atoms with Gasteiger partial charge in [-0.05, 0) is 41.8 Å². The van der Waals surface area contributed by atoms with Crippen molar-refractivity contribution in [3.05, 3.63) is 107 Å². The van der Waals surface area contributed by atoms with E-state index in [1.54, 1.807) is 48.5 Å². The van der Waals surface area contributed by atoms with Crippen LogP contribution in [0.5, 0.6) is 0 Å². The van der Waals surface area contributed by atoms with Crippen LogP contribution in [0.25, 0.3) is 0 Å². The summed E-state index contributed by atoms with van der Waals surface area (Å²) in [7, 11) is 0. The van der Waals surface area contributed by atoms with Crippen LogP contribution in [0.4, 0.5) is 22.8 Å². The van der Waals surface area contributed by atoms with Crippen molar-refractivity contribution in [1.82, 2.24) is 15.5 Å². The Kier molecular flexibility index (Phi) is 10.9. The third-order valence-electron chi connectivity index (χ3n) is 5.67. The Morgan fingerprint density at radius 2 is 1.23 bits per heavy atom. The van der Waals surface area contributed by atoms with Crippen molar-refractivity contribution in [2.75, 3.05) is 26.2 Å². The van der Waals surface area contributed by atoms with Crippen LogP contribution in [0.1, 0.15) is 32.6 Å². The molecule has 212 valence electrons. The van der Waals surface area contributed by atoms with Crippen molar-refractivity contribution >= 4 is 18.1 Å². The second-order valence-corrected chi connectivity index (χ2v) is 8.85. The molecule has 0 radical (unpaired) electrons. The summed E-state index contributed by atoms with van der Waals surface area (Å²) in [6.07, 6.45) is -6.05. The lowest BCUT2D eigenvalue weighted by molar-refractivity contribution is -0.137. The number of hydrogen-bond donors (Lipinski definition) is 2. The summed E-state index contributed by atoms with van der Waals surface area (Å²) in [6.45, 7) is 1.41. The van der Waals surface area contributed by atoms with E-state index in [0.29, 0.717) is 0 Å². The topological polar surface area (TPSA) is 97.0 Å². The third-order valence-corrected chi connectivity index (χ3v) is 5.67. The van der Waals surface area contributed by atoms with Crippen molar-refractivity contribution in [3.8, 4) is 0 Å². The van der Waals surface area contributed by atoms with E-state index in [2.05, 4.69) is 10.6 Å². The molecule has 0 aliphatic rings. The summed E-state index contributed by atoms with van der Waals surface area (Å²) in [6, 6.07) is 21.2. The number of carbonyl (C=O) groups is 3. The number of ether oxygens (including phenoxy) is 2. The van der Waals surface area contributed by atoms with E-state index in [0.717, 1.165) is 23.3 Å². The van der Waals surface area contributed by atoms with E-state index in [4.69, 9.17) is 9.47 Å². The number of halogens is 3. The highest BCUT2D eigenvalue weighted by Crippen LogP contribution is 2.30. The molecule has 11 heteroatoms. The number of benzene rings is 3. The van der Waals surface area contributed by atoms with Gasteiger partial charge < -0.3 is 25.0 Å². The normalized spacial score (nSPS) is 10.9. The quantitative estimate of drug-likeness (QED) is 0.333. The third kappa shape index (κ3) is 9.97. The van der Waals surface area contributed by atoms with Gasteiger partial charge in [-0.15, -0.1) is 0 Å². The molecule has 0 aromatic heterocycles. The maximum absolute atomic E-state index is 13.3. The summed E-state index contributed by atoms with van der Waals surface area (Å²) < 4.78 is 50.3. The van der Waals surface area contributed by atoms with Gasteiger partial charge in [0, 0.05) is 31.7 Å². The fourth-order valence-corrected chi connectivity index (χ4v) is 3.70. The van der Waals surface area contributed by atoms with Gasteiger partial charge >= 0.3 is 18.4 Å². The van der Waals surface area contributed by atoms with Crippen LogP contribution in [0, 0.1) is 6.92 Å². The molecule has 0 atom stereocenters. The molecule has 0 bridgehead atoms. The van der Waals surface area contributed by atoms with Gasteiger partial charge in [-0.1, -0.05) is 60.7 Å². The van der Waals surface area contributed by atoms with Crippen LogP contribution in [0.3, 0.4) is 0 Å². The summed E-state index contributed by atoms with van der Waals surface area (Å²) in [5.41, 5.74) is 0.745. The Morgan fingerprint density at radius 1 is 0.750 bits per heavy atom. The highest BCUT2D eigenvalue weighted by Gasteiger charge is 2.32. The van der Waals surface area contributed by atoms with Crippen molar-refractivity contribution in [3.63, 3.8) is 0 Å². The van der Waals surface area contributed by atoms with Crippen LogP contribution in [-0.4, -0.2) is 49.2 Å². The largest absolute Gasteiger partial charge is 0.445 e. The molecule has 0 heterocycles. The van der Waals surface area contributed by atoms with Gasteiger partial charge in [-0.25, -0.2) is 9.59 Å². The van der Waals surface area contributed by atoms with Crippen molar-refractivity contribution < 1.29 is 37.0 Å². The molecule has 8 nitrogen and oxygen atoms in total. The van der Waals surface area contributed by atoms with Crippen molar-refractivity contribution in [2.45, 2.75) is 26.3 Å². The molecule has 0 aliphatic carbocycles. The first-order valence-corrected chi connectivity index (χ1v) is 12.5. The Morgan fingerprint density at radius 3 is 1.68 bits per heavy atom. The molecule has 0 unspecified atom stereocenters. The summed E-state index contributed by atoms with van der Waals surface area (Å²) in [4.78, 5) is 38.6. The van der Waals surface area contributed by atoms with E-state index < -0.39 is 29.8 Å². The number of hydrogen-bond acceptors (Lipinski definition) is 5. The van der Waals surface area contributed by atoms with Crippen LogP contribution >= 0.6 is 0 Å². The van der Waals surface area contributed by atoms with Gasteiger partial charge in [0.05, 0.1) is 5.56 Å². The number of aryl methyl sites for hydroxylation is 1. The molecular formula is C29H30F3N3O5. The minimum absolute atomic E-state index is 0.0320. The van der Waals surface area contributed by atoms with Gasteiger partial charge in [-0.3, -0.25) is 4.79 Å². The highest BCUT2D eigenvalue weighted by atomic mass is 19.4. The zero-order chi connectivity index (χ0) is 29.0. The van der Waals surface area contributed by atoms with Gasteiger partial charge in [0.1, 0.15) is 13.2 Å². The molecule has 3 aromatic rings. The zero-order valence-corrected chi connectivity index (χ0v) is 21.9. The van der Waals surface area contributed by atoms with Crippen LogP contribution < -0.4 is 10.6 Å². The van der Waals surface area contributed by atoms with Gasteiger partial charge in [0.2, 0.25) is 0 Å². The van der Waals surface area contributed by atoms with Gasteiger partial charge in [0.25, 0.3) is 5.91 Å². The average Bonchev–Trinajstić information content (AvgIpc) is 2.94.